The number of hydrogen-bond acceptors (Lipinski definition) is 7. The number of nitrogens with one attached hydrogen (secondary N) is 2. The molecule has 3 heterocycles. The van der Waals surface area contributed by atoms with E-state index in [1.807, 2.05) is 36.2 Å². The number of rotatable bonds is 9. The summed E-state index contributed by atoms with van der Waals surface area (Å²) in [4.78, 5) is 14.0. The van der Waals surface area contributed by atoms with Gasteiger partial charge in [-0.2, -0.15) is 16.9 Å². The minimum Gasteiger partial charge on any atom is -0.364 e. The molecule has 1 aromatic carbocycles. The molecule has 8 heteroatoms. The SMILES string of the molecule is CSCCSc1nc(NCc2ccc(-c3ccccn3)cc2)c2n[nH]c(C(C)C)c2n1. The third-order valence-corrected chi connectivity index (χ3v) is 6.60. The lowest BCUT2D eigenvalue weighted by Gasteiger charge is -2.10. The fourth-order valence-electron chi connectivity index (χ4n) is 3.22. The van der Waals surface area contributed by atoms with E-state index in [9.17, 15) is 0 Å². The quantitative estimate of drug-likeness (QED) is 0.195. The molecule has 0 radical (unpaired) electrons. The molecule has 0 aliphatic carbocycles. The van der Waals surface area contributed by atoms with Crippen molar-refractivity contribution in [3.05, 3.63) is 59.9 Å². The molecule has 6 nitrogen and oxygen atoms in total. The van der Waals surface area contributed by atoms with Crippen LogP contribution in [0, 0.1) is 0 Å². The zero-order valence-corrected chi connectivity index (χ0v) is 19.6. The molecule has 0 bridgehead atoms. The smallest absolute Gasteiger partial charge is 0.190 e. The van der Waals surface area contributed by atoms with E-state index in [1.165, 1.54) is 5.56 Å². The lowest BCUT2D eigenvalue weighted by Crippen LogP contribution is -2.04. The number of thioether (sulfide) groups is 2. The number of anilines is 1. The largest absolute Gasteiger partial charge is 0.364 e. The maximum atomic E-state index is 4.79. The van der Waals surface area contributed by atoms with E-state index in [-0.39, 0.29) is 0 Å². The van der Waals surface area contributed by atoms with Gasteiger partial charge in [0.05, 0.1) is 11.4 Å². The normalized spacial score (nSPS) is 11.4. The number of pyridine rings is 1. The topological polar surface area (TPSA) is 79.4 Å². The summed E-state index contributed by atoms with van der Waals surface area (Å²) in [5, 5.41) is 11.9. The number of nitrogens with zero attached hydrogens (tertiary/aromatic N) is 4. The molecule has 2 N–H and O–H groups in total. The Balaban J connectivity index is 1.55. The van der Waals surface area contributed by atoms with Gasteiger partial charge in [-0.1, -0.05) is 55.9 Å². The zero-order chi connectivity index (χ0) is 21.6. The van der Waals surface area contributed by atoms with E-state index in [4.69, 9.17) is 9.97 Å². The molecule has 4 rings (SSSR count). The summed E-state index contributed by atoms with van der Waals surface area (Å²) in [6.45, 7) is 4.95. The Morgan fingerprint density at radius 1 is 1.00 bits per heavy atom. The van der Waals surface area contributed by atoms with Gasteiger partial charge in [0.2, 0.25) is 0 Å². The summed E-state index contributed by atoms with van der Waals surface area (Å²) >= 11 is 3.52. The molecular weight excluding hydrogens is 424 g/mol. The Bertz CT molecular complexity index is 1130. The maximum Gasteiger partial charge on any atom is 0.190 e. The van der Waals surface area contributed by atoms with E-state index in [0.29, 0.717) is 12.5 Å². The molecule has 0 unspecified atom stereocenters. The van der Waals surface area contributed by atoms with Gasteiger partial charge in [0.1, 0.15) is 5.52 Å². The van der Waals surface area contributed by atoms with Crippen LogP contribution in [0.15, 0.2) is 53.8 Å². The molecule has 3 aromatic heterocycles. The third kappa shape index (κ3) is 5.19. The van der Waals surface area contributed by atoms with Crippen molar-refractivity contribution < 1.29 is 0 Å². The molecule has 0 aliphatic rings. The van der Waals surface area contributed by atoms with Crippen LogP contribution >= 0.6 is 23.5 Å². The fraction of sp³-hybridized carbons (Fsp3) is 0.304. The van der Waals surface area contributed by atoms with Gasteiger partial charge in [0, 0.05) is 29.8 Å². The maximum absolute atomic E-state index is 4.79. The fourth-order valence-corrected chi connectivity index (χ4v) is 4.71. The highest BCUT2D eigenvalue weighted by atomic mass is 32.2. The van der Waals surface area contributed by atoms with Crippen LogP contribution in [0.5, 0.6) is 0 Å². The van der Waals surface area contributed by atoms with E-state index in [2.05, 4.69) is 64.9 Å². The second-order valence-corrected chi connectivity index (χ2v) is 9.50. The van der Waals surface area contributed by atoms with E-state index in [1.54, 1.807) is 11.8 Å². The van der Waals surface area contributed by atoms with Crippen LogP contribution in [0.2, 0.25) is 0 Å². The standard InChI is InChI=1S/C23H26N6S2/c1-15(2)19-20-21(29-28-19)22(27-23(26-20)31-13-12-30-3)25-14-16-7-9-17(10-8-16)18-6-4-5-11-24-18/h4-11,15H,12-14H2,1-3H3,(H,28,29)(H,25,26,27). The third-order valence-electron chi connectivity index (χ3n) is 4.88. The molecule has 0 amide bonds. The van der Waals surface area contributed by atoms with Gasteiger partial charge in [-0.05, 0) is 29.9 Å². The summed E-state index contributed by atoms with van der Waals surface area (Å²) in [7, 11) is 0. The average Bonchev–Trinajstić information content (AvgIpc) is 3.23. The van der Waals surface area contributed by atoms with Crippen LogP contribution in [0.3, 0.4) is 0 Å². The van der Waals surface area contributed by atoms with E-state index < -0.39 is 0 Å². The van der Waals surface area contributed by atoms with Crippen LogP contribution in [0.1, 0.15) is 31.0 Å². The van der Waals surface area contributed by atoms with Crippen molar-refractivity contribution in [1.29, 1.82) is 0 Å². The highest BCUT2D eigenvalue weighted by Crippen LogP contribution is 2.29. The lowest BCUT2D eigenvalue weighted by atomic mass is 10.1. The van der Waals surface area contributed by atoms with Gasteiger partial charge < -0.3 is 5.32 Å². The summed E-state index contributed by atoms with van der Waals surface area (Å²) in [5.41, 5.74) is 6.00. The Kier molecular flexibility index (Phi) is 7.09. The van der Waals surface area contributed by atoms with Crippen LogP contribution in [-0.2, 0) is 6.54 Å². The van der Waals surface area contributed by atoms with Crippen molar-refractivity contribution in [2.75, 3.05) is 23.1 Å². The minimum atomic E-state index is 0.316. The summed E-state index contributed by atoms with van der Waals surface area (Å²) in [6.07, 6.45) is 3.93. The van der Waals surface area contributed by atoms with Gasteiger partial charge in [-0.15, -0.1) is 0 Å². The lowest BCUT2D eigenvalue weighted by molar-refractivity contribution is 0.814. The summed E-state index contributed by atoms with van der Waals surface area (Å²) < 4.78 is 0. The van der Waals surface area contributed by atoms with Crippen LogP contribution in [0.25, 0.3) is 22.3 Å². The Hall–Kier alpha value is -2.58. The first-order valence-corrected chi connectivity index (χ1v) is 12.7. The summed E-state index contributed by atoms with van der Waals surface area (Å²) in [5.74, 6) is 3.14. The van der Waals surface area contributed by atoms with Crippen molar-refractivity contribution in [3.63, 3.8) is 0 Å². The molecule has 0 saturated heterocycles. The average molecular weight is 451 g/mol. The second kappa shape index (κ2) is 10.2. The predicted molar refractivity (Wildman–Crippen MR) is 132 cm³/mol. The van der Waals surface area contributed by atoms with Crippen molar-refractivity contribution >= 4 is 40.4 Å². The summed E-state index contributed by atoms with van der Waals surface area (Å²) in [6, 6.07) is 14.4. The van der Waals surface area contributed by atoms with Gasteiger partial charge in [-0.25, -0.2) is 9.97 Å². The molecule has 0 saturated carbocycles. The first-order valence-electron chi connectivity index (χ1n) is 10.3. The zero-order valence-electron chi connectivity index (χ0n) is 17.9. The van der Waals surface area contributed by atoms with E-state index in [0.717, 1.165) is 50.5 Å². The van der Waals surface area contributed by atoms with Crippen LogP contribution in [-0.4, -0.2) is 42.9 Å². The first-order chi connectivity index (χ1) is 15.2. The molecule has 0 aliphatic heterocycles. The van der Waals surface area contributed by atoms with Gasteiger partial charge in [0.15, 0.2) is 16.5 Å². The van der Waals surface area contributed by atoms with Crippen molar-refractivity contribution in [2.24, 2.45) is 0 Å². The highest BCUT2D eigenvalue weighted by molar-refractivity contribution is 8.02. The molecular formula is C23H26N6S2. The number of hydrogen-bond donors (Lipinski definition) is 2. The number of aromatic nitrogens is 5. The molecule has 0 fully saturated rings. The predicted octanol–water partition coefficient (Wildman–Crippen LogP) is 5.61. The number of H-pyrrole nitrogens is 1. The molecule has 0 atom stereocenters. The van der Waals surface area contributed by atoms with Gasteiger partial charge >= 0.3 is 0 Å². The second-order valence-electron chi connectivity index (χ2n) is 7.45. The van der Waals surface area contributed by atoms with Crippen LogP contribution in [0.4, 0.5) is 5.82 Å². The van der Waals surface area contributed by atoms with E-state index >= 15 is 0 Å². The highest BCUT2D eigenvalue weighted by Gasteiger charge is 2.17. The van der Waals surface area contributed by atoms with Crippen molar-refractivity contribution in [2.45, 2.75) is 31.5 Å². The number of aromatic amines is 1. The van der Waals surface area contributed by atoms with Crippen molar-refractivity contribution in [3.8, 4) is 11.3 Å². The first kappa shape index (κ1) is 21.6. The van der Waals surface area contributed by atoms with Crippen LogP contribution < -0.4 is 5.32 Å². The van der Waals surface area contributed by atoms with Gasteiger partial charge in [0.25, 0.3) is 0 Å². The molecule has 160 valence electrons. The molecule has 4 aromatic rings. The van der Waals surface area contributed by atoms with Gasteiger partial charge in [-0.3, -0.25) is 10.1 Å². The minimum absolute atomic E-state index is 0.316. The Morgan fingerprint density at radius 3 is 2.55 bits per heavy atom. The number of fused-ring (bicyclic) bond motifs is 1. The molecule has 0 spiro atoms. The van der Waals surface area contributed by atoms with Crippen molar-refractivity contribution in [1.82, 2.24) is 25.1 Å². The molecule has 31 heavy (non-hydrogen) atoms. The Labute approximate surface area is 191 Å². The Morgan fingerprint density at radius 2 is 1.84 bits per heavy atom. The monoisotopic (exact) mass is 450 g/mol. The number of benzene rings is 1.